The maximum absolute atomic E-state index is 5.97. The number of nitrogens with zero attached hydrogens (tertiary/aromatic N) is 1. The number of likely N-dealkylation sites (tertiary alicyclic amines) is 1. The van der Waals surface area contributed by atoms with Crippen LogP contribution in [0.5, 0.6) is 0 Å². The van der Waals surface area contributed by atoms with Gasteiger partial charge in [-0.3, -0.25) is 0 Å². The molecule has 0 bridgehead atoms. The van der Waals surface area contributed by atoms with Crippen molar-refractivity contribution in [2.45, 2.75) is 56.7 Å². The summed E-state index contributed by atoms with van der Waals surface area (Å²) in [6.07, 6.45) is 8.57. The SMILES string of the molecule is CSC1(C(N)=S)CCN(C2CC(C)CC(C)C2)CC1. The van der Waals surface area contributed by atoms with Crippen LogP contribution < -0.4 is 5.73 Å². The fourth-order valence-corrected chi connectivity index (χ4v) is 5.25. The van der Waals surface area contributed by atoms with Crippen LogP contribution in [-0.2, 0) is 0 Å². The normalized spacial score (nSPS) is 36.1. The van der Waals surface area contributed by atoms with Crippen LogP contribution >= 0.6 is 24.0 Å². The Morgan fingerprint density at radius 2 is 1.68 bits per heavy atom. The highest BCUT2D eigenvalue weighted by Gasteiger charge is 2.39. The first kappa shape index (κ1) is 15.6. The second-order valence-electron chi connectivity index (χ2n) is 6.67. The molecule has 1 saturated carbocycles. The summed E-state index contributed by atoms with van der Waals surface area (Å²) in [5.74, 6) is 1.77. The van der Waals surface area contributed by atoms with Crippen molar-refractivity contribution in [1.82, 2.24) is 4.90 Å². The number of rotatable bonds is 3. The van der Waals surface area contributed by atoms with Gasteiger partial charge in [-0.2, -0.15) is 11.8 Å². The molecule has 0 amide bonds. The van der Waals surface area contributed by atoms with Crippen molar-refractivity contribution in [3.05, 3.63) is 0 Å². The molecule has 2 aliphatic rings. The minimum absolute atomic E-state index is 0.0672. The third kappa shape index (κ3) is 3.45. The largest absolute Gasteiger partial charge is 0.392 e. The molecule has 0 spiro atoms. The molecule has 0 radical (unpaired) electrons. The van der Waals surface area contributed by atoms with E-state index in [1.54, 1.807) is 0 Å². The van der Waals surface area contributed by atoms with Crippen LogP contribution in [0.3, 0.4) is 0 Å². The quantitative estimate of drug-likeness (QED) is 0.810. The van der Waals surface area contributed by atoms with Gasteiger partial charge in [-0.05, 0) is 50.2 Å². The molecule has 2 unspecified atom stereocenters. The zero-order valence-corrected chi connectivity index (χ0v) is 14.2. The summed E-state index contributed by atoms with van der Waals surface area (Å²) >= 11 is 7.16. The van der Waals surface area contributed by atoms with Gasteiger partial charge in [0, 0.05) is 19.1 Å². The van der Waals surface area contributed by atoms with E-state index in [0.717, 1.165) is 30.7 Å². The van der Waals surface area contributed by atoms with Gasteiger partial charge in [-0.15, -0.1) is 0 Å². The van der Waals surface area contributed by atoms with Crippen LogP contribution in [0.4, 0.5) is 0 Å². The zero-order valence-electron chi connectivity index (χ0n) is 12.5. The van der Waals surface area contributed by atoms with E-state index in [1.165, 1.54) is 32.4 Å². The second kappa shape index (κ2) is 6.31. The Kier molecular flexibility index (Phi) is 5.18. The number of hydrogen-bond donors (Lipinski definition) is 1. The summed E-state index contributed by atoms with van der Waals surface area (Å²) in [4.78, 5) is 3.42. The van der Waals surface area contributed by atoms with Gasteiger partial charge in [0.25, 0.3) is 0 Å². The number of thiocarbonyl (C=S) groups is 1. The monoisotopic (exact) mass is 300 g/mol. The summed E-state index contributed by atoms with van der Waals surface area (Å²) in [5.41, 5.74) is 5.97. The van der Waals surface area contributed by atoms with Crippen LogP contribution in [0.2, 0.25) is 0 Å². The molecule has 1 aliphatic carbocycles. The first-order chi connectivity index (χ1) is 8.97. The smallest absolute Gasteiger partial charge is 0.0891 e. The Morgan fingerprint density at radius 3 is 2.11 bits per heavy atom. The molecule has 110 valence electrons. The Bertz CT molecular complexity index is 314. The molecule has 2 rings (SSSR count). The lowest BCUT2D eigenvalue weighted by Crippen LogP contribution is -2.52. The molecule has 4 heteroatoms. The highest BCUT2D eigenvalue weighted by molar-refractivity contribution is 8.02. The third-order valence-corrected chi connectivity index (χ3v) is 7.05. The molecule has 2 fully saturated rings. The summed E-state index contributed by atoms with van der Waals surface area (Å²) < 4.78 is 0.0672. The molecule has 1 heterocycles. The van der Waals surface area contributed by atoms with E-state index < -0.39 is 0 Å². The molecular weight excluding hydrogens is 272 g/mol. The molecule has 0 aromatic heterocycles. The van der Waals surface area contributed by atoms with Gasteiger partial charge in [0.2, 0.25) is 0 Å². The number of piperidine rings is 1. The van der Waals surface area contributed by atoms with E-state index in [0.29, 0.717) is 4.99 Å². The predicted octanol–water partition coefficient (Wildman–Crippen LogP) is 3.29. The molecule has 0 aromatic carbocycles. The van der Waals surface area contributed by atoms with E-state index in [4.69, 9.17) is 18.0 Å². The Balaban J connectivity index is 1.94. The fourth-order valence-electron chi connectivity index (χ4n) is 4.00. The molecule has 2 N–H and O–H groups in total. The lowest BCUT2D eigenvalue weighted by Gasteiger charge is -2.46. The number of thioether (sulfide) groups is 1. The average molecular weight is 301 g/mol. The third-order valence-electron chi connectivity index (χ3n) is 5.12. The van der Waals surface area contributed by atoms with Gasteiger partial charge in [0.1, 0.15) is 0 Å². The van der Waals surface area contributed by atoms with E-state index in [-0.39, 0.29) is 4.75 Å². The van der Waals surface area contributed by atoms with Crippen LogP contribution in [0.1, 0.15) is 46.0 Å². The summed E-state index contributed by atoms with van der Waals surface area (Å²) in [5, 5.41) is 0. The highest BCUT2D eigenvalue weighted by atomic mass is 32.2. The van der Waals surface area contributed by atoms with Crippen molar-refractivity contribution < 1.29 is 0 Å². The van der Waals surface area contributed by atoms with Crippen LogP contribution in [0.25, 0.3) is 0 Å². The second-order valence-corrected chi connectivity index (χ2v) is 8.30. The molecule has 1 saturated heterocycles. The van der Waals surface area contributed by atoms with Crippen molar-refractivity contribution in [2.24, 2.45) is 17.6 Å². The van der Waals surface area contributed by atoms with Crippen molar-refractivity contribution in [3.8, 4) is 0 Å². The minimum Gasteiger partial charge on any atom is -0.392 e. The predicted molar refractivity (Wildman–Crippen MR) is 89.8 cm³/mol. The van der Waals surface area contributed by atoms with Crippen LogP contribution in [0, 0.1) is 11.8 Å². The van der Waals surface area contributed by atoms with Gasteiger partial charge >= 0.3 is 0 Å². The summed E-state index contributed by atoms with van der Waals surface area (Å²) in [6.45, 7) is 7.16. The molecule has 2 atom stereocenters. The van der Waals surface area contributed by atoms with Crippen molar-refractivity contribution in [2.75, 3.05) is 19.3 Å². The topological polar surface area (TPSA) is 29.3 Å². The van der Waals surface area contributed by atoms with E-state index >= 15 is 0 Å². The molecule has 1 aliphatic heterocycles. The standard InChI is InChI=1S/C15H28N2S2/c1-11-8-12(2)10-13(9-11)17-6-4-15(19-3,5-7-17)14(16)18/h11-13H,4-10H2,1-3H3,(H2,16,18). The lowest BCUT2D eigenvalue weighted by molar-refractivity contribution is 0.0890. The van der Waals surface area contributed by atoms with Crippen molar-refractivity contribution in [1.29, 1.82) is 0 Å². The Labute approximate surface area is 127 Å². The van der Waals surface area contributed by atoms with Crippen molar-refractivity contribution in [3.63, 3.8) is 0 Å². The minimum atomic E-state index is 0.0672. The fraction of sp³-hybridized carbons (Fsp3) is 0.933. The molecule has 19 heavy (non-hydrogen) atoms. The summed E-state index contributed by atoms with van der Waals surface area (Å²) in [7, 11) is 0. The van der Waals surface area contributed by atoms with Gasteiger partial charge in [-0.25, -0.2) is 0 Å². The van der Waals surface area contributed by atoms with Gasteiger partial charge < -0.3 is 10.6 Å². The van der Waals surface area contributed by atoms with E-state index in [1.807, 2.05) is 11.8 Å². The number of nitrogens with two attached hydrogens (primary N) is 1. The van der Waals surface area contributed by atoms with Crippen LogP contribution in [0.15, 0.2) is 0 Å². The maximum atomic E-state index is 5.97. The van der Waals surface area contributed by atoms with Crippen molar-refractivity contribution >= 4 is 29.0 Å². The molecule has 2 nitrogen and oxygen atoms in total. The van der Waals surface area contributed by atoms with Gasteiger partial charge in [-0.1, -0.05) is 26.1 Å². The maximum Gasteiger partial charge on any atom is 0.0891 e. The Morgan fingerprint density at radius 1 is 1.16 bits per heavy atom. The summed E-state index contributed by atoms with van der Waals surface area (Å²) in [6, 6.07) is 0.796. The highest BCUT2D eigenvalue weighted by Crippen LogP contribution is 2.38. The first-order valence-electron chi connectivity index (χ1n) is 7.56. The lowest BCUT2D eigenvalue weighted by atomic mass is 9.79. The molecular formula is C15H28N2S2. The van der Waals surface area contributed by atoms with Gasteiger partial charge in [0.15, 0.2) is 0 Å². The zero-order chi connectivity index (χ0) is 14.0. The van der Waals surface area contributed by atoms with Gasteiger partial charge in [0.05, 0.1) is 9.74 Å². The molecule has 0 aromatic rings. The van der Waals surface area contributed by atoms with E-state index in [9.17, 15) is 0 Å². The van der Waals surface area contributed by atoms with E-state index in [2.05, 4.69) is 25.0 Å². The average Bonchev–Trinajstić information content (AvgIpc) is 2.37. The number of hydrogen-bond acceptors (Lipinski definition) is 3. The van der Waals surface area contributed by atoms with Crippen LogP contribution in [-0.4, -0.2) is 40.0 Å². The first-order valence-corrected chi connectivity index (χ1v) is 9.19. The Hall–Kier alpha value is 0.200.